The van der Waals surface area contributed by atoms with Crippen LogP contribution >= 0.6 is 0 Å². The van der Waals surface area contributed by atoms with Gasteiger partial charge in [0.15, 0.2) is 0 Å². The van der Waals surface area contributed by atoms with Gasteiger partial charge in [-0.15, -0.1) is 0 Å². The second-order valence-corrected chi connectivity index (χ2v) is 9.77. The first kappa shape index (κ1) is 17.4. The molecular weight excluding hydrogens is 308 g/mol. The van der Waals surface area contributed by atoms with Crippen LogP contribution < -0.4 is 0 Å². The molecule has 0 aliphatic heterocycles. The first-order valence-corrected chi connectivity index (χ1v) is 11.2. The molecule has 3 saturated carbocycles. The Morgan fingerprint density at radius 1 is 0.913 bits per heavy atom. The molecule has 0 aromatic rings. The van der Waals surface area contributed by atoms with Crippen molar-refractivity contribution in [2.45, 2.75) is 70.6 Å². The Labute approximate surface area is 143 Å². The summed E-state index contributed by atoms with van der Waals surface area (Å²) in [6.07, 6.45) is 12.7. The molecule has 0 saturated heterocycles. The molecule has 3 aliphatic rings. The molecule has 3 nitrogen and oxygen atoms in total. The number of hydrogen-bond donors (Lipinski definition) is 1. The van der Waals surface area contributed by atoms with Gasteiger partial charge in [-0.25, -0.2) is 0 Å². The van der Waals surface area contributed by atoms with E-state index in [1.54, 1.807) is 0 Å². The van der Waals surface area contributed by atoms with Crippen molar-refractivity contribution in [1.29, 1.82) is 0 Å². The number of unbranched alkanes of at least 4 members (excludes halogenated alkanes) is 3. The Balaban J connectivity index is 1.39. The van der Waals surface area contributed by atoms with Crippen LogP contribution in [0.1, 0.15) is 70.6 Å². The number of fused-ring (bicyclic) bond motifs is 2. The molecule has 3 fully saturated rings. The molecule has 0 aromatic heterocycles. The van der Waals surface area contributed by atoms with E-state index >= 15 is 0 Å². The second kappa shape index (κ2) is 8.13. The third kappa shape index (κ3) is 5.04. The molecular formula is C19H32O3S. The van der Waals surface area contributed by atoms with Crippen LogP contribution in [0.4, 0.5) is 0 Å². The Hall–Kier alpha value is -0.380. The summed E-state index contributed by atoms with van der Waals surface area (Å²) in [5, 5.41) is 8.67. The zero-order chi connectivity index (χ0) is 16.2. The zero-order valence-corrected chi connectivity index (χ0v) is 15.1. The van der Waals surface area contributed by atoms with Gasteiger partial charge in [0.25, 0.3) is 0 Å². The van der Waals surface area contributed by atoms with E-state index in [0.717, 1.165) is 53.9 Å². The molecule has 5 unspecified atom stereocenters. The van der Waals surface area contributed by atoms with Gasteiger partial charge in [-0.3, -0.25) is 9.00 Å². The fraction of sp³-hybridized carbons (Fsp3) is 0.947. The highest BCUT2D eigenvalue weighted by atomic mass is 32.2. The second-order valence-electron chi connectivity index (χ2n) is 8.22. The summed E-state index contributed by atoms with van der Waals surface area (Å²) >= 11 is 0. The summed E-state index contributed by atoms with van der Waals surface area (Å²) < 4.78 is 12.4. The van der Waals surface area contributed by atoms with Gasteiger partial charge in [0, 0.05) is 28.7 Å². The van der Waals surface area contributed by atoms with Gasteiger partial charge in [-0.1, -0.05) is 19.3 Å². The SMILES string of the molecule is O=C(O)CCCCCCC1C2CCC(C2)C1CS(=O)CC1CC1. The number of carboxylic acid groups (broad SMARTS) is 1. The van der Waals surface area contributed by atoms with Crippen LogP contribution in [0, 0.1) is 29.6 Å². The molecule has 0 amide bonds. The number of carboxylic acids is 1. The smallest absolute Gasteiger partial charge is 0.303 e. The molecule has 0 aromatic carbocycles. The quantitative estimate of drug-likeness (QED) is 0.573. The average Bonchev–Trinajstić information content (AvgIpc) is 3.09. The number of carbonyl (C=O) groups is 1. The van der Waals surface area contributed by atoms with E-state index in [4.69, 9.17) is 5.11 Å². The summed E-state index contributed by atoms with van der Waals surface area (Å²) in [6, 6.07) is 0. The summed E-state index contributed by atoms with van der Waals surface area (Å²) in [7, 11) is -0.581. The van der Waals surface area contributed by atoms with Gasteiger partial charge in [0.1, 0.15) is 0 Å². The fourth-order valence-electron chi connectivity index (χ4n) is 5.08. The van der Waals surface area contributed by atoms with Crippen molar-refractivity contribution in [2.75, 3.05) is 11.5 Å². The van der Waals surface area contributed by atoms with E-state index < -0.39 is 16.8 Å². The Bertz CT molecular complexity index is 432. The van der Waals surface area contributed by atoms with Crippen LogP contribution in [0.2, 0.25) is 0 Å². The Morgan fingerprint density at radius 2 is 1.61 bits per heavy atom. The monoisotopic (exact) mass is 340 g/mol. The van der Waals surface area contributed by atoms with Gasteiger partial charge < -0.3 is 5.11 Å². The number of hydrogen-bond acceptors (Lipinski definition) is 2. The van der Waals surface area contributed by atoms with Gasteiger partial charge in [-0.05, 0) is 74.5 Å². The highest BCUT2D eigenvalue weighted by Gasteiger charge is 2.47. The maximum absolute atomic E-state index is 12.4. The Morgan fingerprint density at radius 3 is 2.30 bits per heavy atom. The topological polar surface area (TPSA) is 54.4 Å². The predicted octanol–water partition coefficient (Wildman–Crippen LogP) is 4.23. The van der Waals surface area contributed by atoms with E-state index in [1.165, 1.54) is 51.4 Å². The van der Waals surface area contributed by atoms with Crippen molar-refractivity contribution in [3.05, 3.63) is 0 Å². The van der Waals surface area contributed by atoms with Crippen LogP contribution in [-0.2, 0) is 15.6 Å². The minimum absolute atomic E-state index is 0.316. The van der Waals surface area contributed by atoms with Crippen LogP contribution in [0.15, 0.2) is 0 Å². The minimum Gasteiger partial charge on any atom is -0.481 e. The molecule has 23 heavy (non-hydrogen) atoms. The lowest BCUT2D eigenvalue weighted by atomic mass is 9.77. The van der Waals surface area contributed by atoms with E-state index in [1.807, 2.05) is 0 Å². The largest absolute Gasteiger partial charge is 0.481 e. The van der Waals surface area contributed by atoms with Crippen molar-refractivity contribution in [3.63, 3.8) is 0 Å². The van der Waals surface area contributed by atoms with Gasteiger partial charge >= 0.3 is 5.97 Å². The lowest BCUT2D eigenvalue weighted by molar-refractivity contribution is -0.137. The molecule has 0 radical (unpaired) electrons. The normalized spacial score (nSPS) is 33.9. The lowest BCUT2D eigenvalue weighted by Crippen LogP contribution is -2.28. The highest BCUT2D eigenvalue weighted by molar-refractivity contribution is 7.85. The van der Waals surface area contributed by atoms with Crippen molar-refractivity contribution in [2.24, 2.45) is 29.6 Å². The van der Waals surface area contributed by atoms with E-state index in [9.17, 15) is 9.00 Å². The summed E-state index contributed by atoms with van der Waals surface area (Å²) in [4.78, 5) is 10.5. The average molecular weight is 341 g/mol. The molecule has 0 heterocycles. The molecule has 0 spiro atoms. The van der Waals surface area contributed by atoms with Crippen LogP contribution in [0.3, 0.4) is 0 Å². The first-order valence-electron chi connectivity index (χ1n) is 9.70. The zero-order valence-electron chi connectivity index (χ0n) is 14.3. The molecule has 3 aliphatic carbocycles. The Kier molecular flexibility index (Phi) is 6.17. The highest BCUT2D eigenvalue weighted by Crippen LogP contribution is 2.54. The molecule has 132 valence electrons. The van der Waals surface area contributed by atoms with Crippen molar-refractivity contribution in [1.82, 2.24) is 0 Å². The number of rotatable bonds is 11. The minimum atomic E-state index is -0.670. The number of aliphatic carboxylic acids is 1. The predicted molar refractivity (Wildman–Crippen MR) is 93.7 cm³/mol. The van der Waals surface area contributed by atoms with E-state index in [2.05, 4.69) is 0 Å². The summed E-state index contributed by atoms with van der Waals surface area (Å²) in [5.74, 6) is 5.36. The third-order valence-corrected chi connectivity index (χ3v) is 8.05. The molecule has 3 rings (SSSR count). The lowest BCUT2D eigenvalue weighted by Gasteiger charge is -2.31. The van der Waals surface area contributed by atoms with Crippen LogP contribution in [0.25, 0.3) is 0 Å². The third-order valence-electron chi connectivity index (χ3n) is 6.45. The van der Waals surface area contributed by atoms with Crippen LogP contribution in [0.5, 0.6) is 0 Å². The standard InChI is InChI=1S/C19H32O3S/c20-19(21)6-4-2-1-3-5-17-15-9-10-16(11-15)18(17)13-23(22)12-14-7-8-14/h14-18H,1-13H2,(H,20,21). The van der Waals surface area contributed by atoms with Gasteiger partial charge in [0.05, 0.1) is 0 Å². The van der Waals surface area contributed by atoms with Crippen molar-refractivity contribution in [3.8, 4) is 0 Å². The molecule has 1 N–H and O–H groups in total. The molecule has 5 atom stereocenters. The van der Waals surface area contributed by atoms with Gasteiger partial charge in [0.2, 0.25) is 0 Å². The van der Waals surface area contributed by atoms with Crippen LogP contribution in [-0.4, -0.2) is 26.8 Å². The molecule has 2 bridgehead atoms. The van der Waals surface area contributed by atoms with Gasteiger partial charge in [-0.2, -0.15) is 0 Å². The maximum atomic E-state index is 12.4. The van der Waals surface area contributed by atoms with Crippen molar-refractivity contribution >= 4 is 16.8 Å². The van der Waals surface area contributed by atoms with E-state index in [-0.39, 0.29) is 0 Å². The summed E-state index contributed by atoms with van der Waals surface area (Å²) in [6.45, 7) is 0. The van der Waals surface area contributed by atoms with Crippen molar-refractivity contribution < 1.29 is 14.1 Å². The molecule has 4 heteroatoms. The van der Waals surface area contributed by atoms with E-state index in [0.29, 0.717) is 6.42 Å². The maximum Gasteiger partial charge on any atom is 0.303 e. The summed E-state index contributed by atoms with van der Waals surface area (Å²) in [5.41, 5.74) is 0. The fourth-order valence-corrected chi connectivity index (χ4v) is 7.02. The first-order chi connectivity index (χ1) is 11.1.